The summed E-state index contributed by atoms with van der Waals surface area (Å²) in [7, 11) is 0. The van der Waals surface area contributed by atoms with Gasteiger partial charge in [0.15, 0.2) is 0 Å². The van der Waals surface area contributed by atoms with Crippen molar-refractivity contribution < 1.29 is 19.4 Å². The number of nitrogens with one attached hydrogen (secondary N) is 1. The summed E-state index contributed by atoms with van der Waals surface area (Å²) in [4.78, 5) is 22.7. The van der Waals surface area contributed by atoms with E-state index in [4.69, 9.17) is 9.84 Å². The fourth-order valence-corrected chi connectivity index (χ4v) is 2.22. The topological polar surface area (TPSA) is 75.6 Å². The van der Waals surface area contributed by atoms with Crippen molar-refractivity contribution in [3.63, 3.8) is 0 Å². The second-order valence-electron chi connectivity index (χ2n) is 5.07. The van der Waals surface area contributed by atoms with Crippen LogP contribution in [-0.2, 0) is 14.3 Å². The maximum absolute atomic E-state index is 11.8. The molecule has 20 heavy (non-hydrogen) atoms. The van der Waals surface area contributed by atoms with Gasteiger partial charge in [0.1, 0.15) is 0 Å². The average molecular weight is 277 g/mol. The zero-order chi connectivity index (χ0) is 14.5. The SMILES string of the molecule is CC(C(=O)O)c1ccc(NC(=O)CC2CCCO2)cc1. The highest BCUT2D eigenvalue weighted by Gasteiger charge is 2.19. The number of hydrogen-bond donors (Lipinski definition) is 2. The minimum absolute atomic E-state index is 0.0290. The third kappa shape index (κ3) is 3.81. The number of rotatable bonds is 5. The molecule has 2 unspecified atom stereocenters. The normalized spacial score (nSPS) is 19.6. The summed E-state index contributed by atoms with van der Waals surface area (Å²) in [6.07, 6.45) is 2.34. The van der Waals surface area contributed by atoms with Gasteiger partial charge in [0.2, 0.25) is 5.91 Å². The number of carboxylic acids is 1. The van der Waals surface area contributed by atoms with Gasteiger partial charge in [0.25, 0.3) is 0 Å². The van der Waals surface area contributed by atoms with Gasteiger partial charge in [0.05, 0.1) is 18.4 Å². The number of carbonyl (C=O) groups excluding carboxylic acids is 1. The lowest BCUT2D eigenvalue weighted by Gasteiger charge is -2.11. The predicted molar refractivity (Wildman–Crippen MR) is 74.7 cm³/mol. The van der Waals surface area contributed by atoms with Gasteiger partial charge in [-0.25, -0.2) is 0 Å². The lowest BCUT2D eigenvalue weighted by molar-refractivity contribution is -0.138. The Labute approximate surface area is 117 Å². The van der Waals surface area contributed by atoms with E-state index >= 15 is 0 Å². The van der Waals surface area contributed by atoms with Gasteiger partial charge in [-0.2, -0.15) is 0 Å². The molecule has 1 aromatic rings. The number of hydrogen-bond acceptors (Lipinski definition) is 3. The molecule has 108 valence electrons. The number of aliphatic carboxylic acids is 1. The standard InChI is InChI=1S/C15H19NO4/c1-10(15(18)19)11-4-6-12(7-5-11)16-14(17)9-13-3-2-8-20-13/h4-7,10,13H,2-3,8-9H2,1H3,(H,16,17)(H,18,19). The van der Waals surface area contributed by atoms with Gasteiger partial charge in [-0.1, -0.05) is 12.1 Å². The molecule has 0 spiro atoms. The molecule has 1 aliphatic rings. The van der Waals surface area contributed by atoms with Crippen molar-refractivity contribution in [3.05, 3.63) is 29.8 Å². The number of carbonyl (C=O) groups is 2. The molecule has 1 aliphatic heterocycles. The summed E-state index contributed by atoms with van der Waals surface area (Å²) in [5.74, 6) is -1.48. The summed E-state index contributed by atoms with van der Waals surface area (Å²) in [5, 5.41) is 11.7. The Morgan fingerprint density at radius 3 is 2.65 bits per heavy atom. The molecule has 0 bridgehead atoms. The van der Waals surface area contributed by atoms with E-state index < -0.39 is 11.9 Å². The maximum atomic E-state index is 11.8. The van der Waals surface area contributed by atoms with E-state index in [0.29, 0.717) is 12.1 Å². The number of anilines is 1. The molecular formula is C15H19NO4. The van der Waals surface area contributed by atoms with E-state index in [1.54, 1.807) is 31.2 Å². The first-order chi connectivity index (χ1) is 9.56. The zero-order valence-corrected chi connectivity index (χ0v) is 11.5. The Kier molecular flexibility index (Phi) is 4.74. The van der Waals surface area contributed by atoms with Crippen LogP contribution in [0.25, 0.3) is 0 Å². The van der Waals surface area contributed by atoms with Crippen LogP contribution in [0.2, 0.25) is 0 Å². The smallest absolute Gasteiger partial charge is 0.310 e. The van der Waals surface area contributed by atoms with Crippen LogP contribution in [0.4, 0.5) is 5.69 Å². The van der Waals surface area contributed by atoms with Crippen LogP contribution in [0.5, 0.6) is 0 Å². The summed E-state index contributed by atoms with van der Waals surface area (Å²) in [6, 6.07) is 6.89. The molecule has 1 fully saturated rings. The van der Waals surface area contributed by atoms with Crippen molar-refractivity contribution in [1.82, 2.24) is 0 Å². The van der Waals surface area contributed by atoms with Gasteiger partial charge in [-0.15, -0.1) is 0 Å². The molecule has 2 N–H and O–H groups in total. The summed E-state index contributed by atoms with van der Waals surface area (Å²) >= 11 is 0. The van der Waals surface area contributed by atoms with Crippen LogP contribution >= 0.6 is 0 Å². The van der Waals surface area contributed by atoms with Gasteiger partial charge in [-0.05, 0) is 37.5 Å². The van der Waals surface area contributed by atoms with Gasteiger partial charge in [0, 0.05) is 12.3 Å². The average Bonchev–Trinajstić information content (AvgIpc) is 2.91. The number of benzene rings is 1. The van der Waals surface area contributed by atoms with Crippen LogP contribution in [-0.4, -0.2) is 29.7 Å². The van der Waals surface area contributed by atoms with E-state index in [-0.39, 0.29) is 12.0 Å². The first-order valence-electron chi connectivity index (χ1n) is 6.80. The van der Waals surface area contributed by atoms with Crippen molar-refractivity contribution >= 4 is 17.6 Å². The van der Waals surface area contributed by atoms with E-state index in [9.17, 15) is 9.59 Å². The van der Waals surface area contributed by atoms with Crippen LogP contribution in [0, 0.1) is 0 Å². The summed E-state index contributed by atoms with van der Waals surface area (Å²) in [5.41, 5.74) is 1.39. The highest BCUT2D eigenvalue weighted by Crippen LogP contribution is 2.19. The number of amides is 1. The quantitative estimate of drug-likeness (QED) is 0.866. The Morgan fingerprint density at radius 1 is 1.40 bits per heavy atom. The Hall–Kier alpha value is -1.88. The maximum Gasteiger partial charge on any atom is 0.310 e. The Morgan fingerprint density at radius 2 is 2.10 bits per heavy atom. The second kappa shape index (κ2) is 6.52. The first-order valence-corrected chi connectivity index (χ1v) is 6.80. The lowest BCUT2D eigenvalue weighted by Crippen LogP contribution is -2.19. The first kappa shape index (κ1) is 14.5. The van der Waals surface area contributed by atoms with Crippen molar-refractivity contribution in [2.75, 3.05) is 11.9 Å². The molecule has 0 aromatic heterocycles. The fourth-order valence-electron chi connectivity index (χ4n) is 2.22. The van der Waals surface area contributed by atoms with Gasteiger partial charge < -0.3 is 15.2 Å². The monoisotopic (exact) mass is 277 g/mol. The molecular weight excluding hydrogens is 258 g/mol. The van der Waals surface area contributed by atoms with Crippen molar-refractivity contribution in [2.24, 2.45) is 0 Å². The third-order valence-corrected chi connectivity index (χ3v) is 3.50. The van der Waals surface area contributed by atoms with Gasteiger partial charge >= 0.3 is 5.97 Å². The molecule has 1 heterocycles. The van der Waals surface area contributed by atoms with Crippen molar-refractivity contribution in [3.8, 4) is 0 Å². The molecule has 5 nitrogen and oxygen atoms in total. The molecule has 5 heteroatoms. The van der Waals surface area contributed by atoms with Gasteiger partial charge in [-0.3, -0.25) is 9.59 Å². The Balaban J connectivity index is 1.89. The van der Waals surface area contributed by atoms with E-state index in [2.05, 4.69) is 5.32 Å². The molecule has 0 aliphatic carbocycles. The van der Waals surface area contributed by atoms with Crippen LogP contribution in [0.3, 0.4) is 0 Å². The third-order valence-electron chi connectivity index (χ3n) is 3.50. The van der Waals surface area contributed by atoms with Crippen molar-refractivity contribution in [1.29, 1.82) is 0 Å². The summed E-state index contributed by atoms with van der Waals surface area (Å²) < 4.78 is 5.41. The minimum Gasteiger partial charge on any atom is -0.481 e. The fraction of sp³-hybridized carbons (Fsp3) is 0.467. The molecule has 1 amide bonds. The molecule has 0 saturated carbocycles. The molecule has 1 aromatic carbocycles. The van der Waals surface area contributed by atoms with Crippen molar-refractivity contribution in [2.45, 2.75) is 38.2 Å². The largest absolute Gasteiger partial charge is 0.481 e. The minimum atomic E-state index is -0.861. The Bertz CT molecular complexity index is 477. The van der Waals surface area contributed by atoms with E-state index in [1.807, 2.05) is 0 Å². The van der Waals surface area contributed by atoms with E-state index in [0.717, 1.165) is 25.0 Å². The van der Waals surface area contributed by atoms with E-state index in [1.165, 1.54) is 0 Å². The van der Waals surface area contributed by atoms with Crippen LogP contribution in [0.1, 0.15) is 37.7 Å². The molecule has 2 rings (SSSR count). The predicted octanol–water partition coefficient (Wildman–Crippen LogP) is 2.38. The molecule has 0 radical (unpaired) electrons. The highest BCUT2D eigenvalue weighted by molar-refractivity contribution is 5.91. The van der Waals surface area contributed by atoms with Crippen LogP contribution in [0.15, 0.2) is 24.3 Å². The lowest BCUT2D eigenvalue weighted by atomic mass is 10.0. The van der Waals surface area contributed by atoms with Crippen LogP contribution < -0.4 is 5.32 Å². The molecule has 1 saturated heterocycles. The summed E-state index contributed by atoms with van der Waals surface area (Å²) in [6.45, 7) is 2.37. The number of ether oxygens (including phenoxy) is 1. The molecule has 2 atom stereocenters. The highest BCUT2D eigenvalue weighted by atomic mass is 16.5. The number of carboxylic acid groups (broad SMARTS) is 1. The second-order valence-corrected chi connectivity index (χ2v) is 5.07. The zero-order valence-electron chi connectivity index (χ0n) is 11.5.